The van der Waals surface area contributed by atoms with Crippen molar-refractivity contribution in [1.82, 2.24) is 4.98 Å². The summed E-state index contributed by atoms with van der Waals surface area (Å²) in [5.74, 6) is 0. The minimum absolute atomic E-state index is 0.247. The lowest BCUT2D eigenvalue weighted by Crippen LogP contribution is -2.21. The first-order valence-electron chi connectivity index (χ1n) is 4.50. The molecule has 0 saturated carbocycles. The monoisotopic (exact) mass is 199 g/mol. The maximum Gasteiger partial charge on any atom is 0.184 e. The normalized spacial score (nSPS) is 12.9. The van der Waals surface area contributed by atoms with E-state index in [0.29, 0.717) is 0 Å². The topological polar surface area (TPSA) is 42.1 Å². The Morgan fingerprint density at radius 3 is 2.77 bits per heavy atom. The molecule has 0 saturated heterocycles. The van der Waals surface area contributed by atoms with Crippen LogP contribution < -0.4 is 10.6 Å². The van der Waals surface area contributed by atoms with Crippen molar-refractivity contribution >= 4 is 16.5 Å². The Morgan fingerprint density at radius 1 is 1.62 bits per heavy atom. The fraction of sp³-hybridized carbons (Fsp3) is 0.667. The molecule has 1 heterocycles. The fourth-order valence-corrected chi connectivity index (χ4v) is 1.78. The number of nitrogens with zero attached hydrogens (tertiary/aromatic N) is 2. The van der Waals surface area contributed by atoms with Crippen molar-refractivity contribution in [2.24, 2.45) is 5.73 Å². The summed E-state index contributed by atoms with van der Waals surface area (Å²) in [7, 11) is 4.00. The Kier molecular flexibility index (Phi) is 3.69. The zero-order chi connectivity index (χ0) is 9.84. The average molecular weight is 199 g/mol. The molecule has 4 heteroatoms. The molecule has 0 aliphatic rings. The Hall–Kier alpha value is -0.610. The van der Waals surface area contributed by atoms with Crippen LogP contribution >= 0.6 is 11.3 Å². The molecule has 1 aromatic heterocycles. The molecule has 0 fully saturated rings. The number of thiazole rings is 1. The quantitative estimate of drug-likeness (QED) is 0.799. The van der Waals surface area contributed by atoms with Crippen LogP contribution in [0.3, 0.4) is 0 Å². The van der Waals surface area contributed by atoms with Gasteiger partial charge in [-0.05, 0) is 6.42 Å². The van der Waals surface area contributed by atoms with Crippen molar-refractivity contribution in [1.29, 1.82) is 0 Å². The second-order valence-electron chi connectivity index (χ2n) is 3.39. The van der Waals surface area contributed by atoms with E-state index in [-0.39, 0.29) is 6.04 Å². The maximum absolute atomic E-state index is 5.84. The molecule has 0 aliphatic heterocycles. The molecule has 0 spiro atoms. The van der Waals surface area contributed by atoms with Gasteiger partial charge in [0.1, 0.15) is 0 Å². The molecule has 13 heavy (non-hydrogen) atoms. The van der Waals surface area contributed by atoms with E-state index in [0.717, 1.165) is 23.7 Å². The number of nitrogens with two attached hydrogens (primary N) is 1. The van der Waals surface area contributed by atoms with Crippen LogP contribution in [-0.2, 0) is 6.42 Å². The summed E-state index contributed by atoms with van der Waals surface area (Å²) < 4.78 is 0. The molecular formula is C9H17N3S. The summed E-state index contributed by atoms with van der Waals surface area (Å²) in [5, 5.41) is 3.14. The largest absolute Gasteiger partial charge is 0.354 e. The smallest absolute Gasteiger partial charge is 0.184 e. The van der Waals surface area contributed by atoms with Gasteiger partial charge in [-0.15, -0.1) is 11.3 Å². The van der Waals surface area contributed by atoms with Gasteiger partial charge in [0.2, 0.25) is 0 Å². The summed E-state index contributed by atoms with van der Waals surface area (Å²) in [5.41, 5.74) is 6.96. The van der Waals surface area contributed by atoms with E-state index in [1.807, 2.05) is 19.0 Å². The van der Waals surface area contributed by atoms with Crippen molar-refractivity contribution < 1.29 is 0 Å². The minimum atomic E-state index is 0.247. The van der Waals surface area contributed by atoms with E-state index in [4.69, 9.17) is 5.73 Å². The SMILES string of the molecule is CCC(N)Cc1csc(N(C)C)n1. The lowest BCUT2D eigenvalue weighted by Gasteiger charge is -2.07. The molecule has 1 unspecified atom stereocenters. The van der Waals surface area contributed by atoms with E-state index >= 15 is 0 Å². The second-order valence-corrected chi connectivity index (χ2v) is 4.22. The first kappa shape index (κ1) is 10.5. The van der Waals surface area contributed by atoms with Gasteiger partial charge >= 0.3 is 0 Å². The van der Waals surface area contributed by atoms with Crippen molar-refractivity contribution in [2.75, 3.05) is 19.0 Å². The van der Waals surface area contributed by atoms with Crippen LogP contribution in [0.5, 0.6) is 0 Å². The van der Waals surface area contributed by atoms with Gasteiger partial charge in [0, 0.05) is 31.9 Å². The van der Waals surface area contributed by atoms with Crippen molar-refractivity contribution in [3.05, 3.63) is 11.1 Å². The molecule has 0 aromatic carbocycles. The lowest BCUT2D eigenvalue weighted by molar-refractivity contribution is 0.639. The van der Waals surface area contributed by atoms with E-state index in [1.165, 1.54) is 0 Å². The Labute approximate surface area is 83.6 Å². The first-order valence-corrected chi connectivity index (χ1v) is 5.38. The van der Waals surface area contributed by atoms with Crippen molar-refractivity contribution in [2.45, 2.75) is 25.8 Å². The van der Waals surface area contributed by atoms with Gasteiger partial charge in [0.25, 0.3) is 0 Å². The highest BCUT2D eigenvalue weighted by atomic mass is 32.1. The van der Waals surface area contributed by atoms with Crippen LogP contribution in [0.25, 0.3) is 0 Å². The predicted molar refractivity (Wildman–Crippen MR) is 58.4 cm³/mol. The van der Waals surface area contributed by atoms with Crippen LogP contribution in [0, 0.1) is 0 Å². The standard InChI is InChI=1S/C9H17N3S/c1-4-7(10)5-8-6-13-9(11-8)12(2)3/h6-7H,4-5,10H2,1-3H3. The zero-order valence-electron chi connectivity index (χ0n) is 8.45. The number of hydrogen-bond acceptors (Lipinski definition) is 4. The van der Waals surface area contributed by atoms with E-state index in [9.17, 15) is 0 Å². The highest BCUT2D eigenvalue weighted by molar-refractivity contribution is 7.13. The summed E-state index contributed by atoms with van der Waals surface area (Å²) >= 11 is 1.67. The number of anilines is 1. The van der Waals surface area contributed by atoms with Crippen LogP contribution in [0.2, 0.25) is 0 Å². The van der Waals surface area contributed by atoms with Crippen LogP contribution in [-0.4, -0.2) is 25.1 Å². The van der Waals surface area contributed by atoms with Crippen LogP contribution in [0.15, 0.2) is 5.38 Å². The highest BCUT2D eigenvalue weighted by Crippen LogP contribution is 2.18. The summed E-state index contributed by atoms with van der Waals surface area (Å²) in [6.07, 6.45) is 1.90. The van der Waals surface area contributed by atoms with E-state index < -0.39 is 0 Å². The third kappa shape index (κ3) is 2.97. The summed E-state index contributed by atoms with van der Waals surface area (Å²) in [4.78, 5) is 6.48. The zero-order valence-corrected chi connectivity index (χ0v) is 9.27. The summed E-state index contributed by atoms with van der Waals surface area (Å²) in [6.45, 7) is 2.10. The fourth-order valence-electron chi connectivity index (χ4n) is 1.01. The molecule has 0 radical (unpaired) electrons. The Bertz CT molecular complexity index is 257. The average Bonchev–Trinajstić information content (AvgIpc) is 2.52. The van der Waals surface area contributed by atoms with Crippen molar-refractivity contribution in [3.8, 4) is 0 Å². The molecule has 3 nitrogen and oxygen atoms in total. The van der Waals surface area contributed by atoms with Gasteiger partial charge in [-0.1, -0.05) is 6.92 Å². The molecular weight excluding hydrogens is 182 g/mol. The number of hydrogen-bond donors (Lipinski definition) is 1. The maximum atomic E-state index is 5.84. The van der Waals surface area contributed by atoms with E-state index in [1.54, 1.807) is 11.3 Å². The predicted octanol–water partition coefficient (Wildman–Crippen LogP) is 1.49. The molecule has 0 bridgehead atoms. The van der Waals surface area contributed by atoms with Crippen LogP contribution in [0.1, 0.15) is 19.0 Å². The van der Waals surface area contributed by atoms with E-state index in [2.05, 4.69) is 17.3 Å². The lowest BCUT2D eigenvalue weighted by atomic mass is 10.1. The van der Waals surface area contributed by atoms with Gasteiger partial charge in [0.15, 0.2) is 5.13 Å². The van der Waals surface area contributed by atoms with Crippen molar-refractivity contribution in [3.63, 3.8) is 0 Å². The van der Waals surface area contributed by atoms with Gasteiger partial charge in [0.05, 0.1) is 5.69 Å². The van der Waals surface area contributed by atoms with Gasteiger partial charge in [-0.25, -0.2) is 4.98 Å². The summed E-state index contributed by atoms with van der Waals surface area (Å²) in [6, 6.07) is 0.247. The second kappa shape index (κ2) is 4.58. The van der Waals surface area contributed by atoms with Gasteiger partial charge < -0.3 is 10.6 Å². The first-order chi connectivity index (χ1) is 6.13. The molecule has 74 valence electrons. The molecule has 1 rings (SSSR count). The number of rotatable bonds is 4. The van der Waals surface area contributed by atoms with Gasteiger partial charge in [-0.2, -0.15) is 0 Å². The molecule has 0 aliphatic carbocycles. The molecule has 1 atom stereocenters. The molecule has 2 N–H and O–H groups in total. The minimum Gasteiger partial charge on any atom is -0.354 e. The highest BCUT2D eigenvalue weighted by Gasteiger charge is 2.06. The number of aromatic nitrogens is 1. The van der Waals surface area contributed by atoms with Crippen LogP contribution in [0.4, 0.5) is 5.13 Å². The third-order valence-corrected chi connectivity index (χ3v) is 2.98. The third-order valence-electron chi connectivity index (χ3n) is 1.92. The Balaban J connectivity index is 2.58. The Morgan fingerprint density at radius 2 is 2.31 bits per heavy atom. The van der Waals surface area contributed by atoms with Gasteiger partial charge in [-0.3, -0.25) is 0 Å². The molecule has 1 aromatic rings. The molecule has 0 amide bonds.